The lowest BCUT2D eigenvalue weighted by molar-refractivity contribution is 0.963. The maximum Gasteiger partial charge on any atom is 0.0594 e. The van der Waals surface area contributed by atoms with Crippen molar-refractivity contribution in [3.63, 3.8) is 0 Å². The summed E-state index contributed by atoms with van der Waals surface area (Å²) < 4.78 is 1.29. The molecule has 15 heavy (non-hydrogen) atoms. The van der Waals surface area contributed by atoms with Crippen LogP contribution in [0, 0.1) is 17.4 Å². The first-order valence-corrected chi connectivity index (χ1v) is 6.18. The van der Waals surface area contributed by atoms with Crippen molar-refractivity contribution >= 4 is 33.5 Å². The number of benzene rings is 1. The zero-order valence-electron chi connectivity index (χ0n) is 9.02. The lowest BCUT2D eigenvalue weighted by Crippen LogP contribution is -2.03. The summed E-state index contributed by atoms with van der Waals surface area (Å²) >= 11 is 2.38. The van der Waals surface area contributed by atoms with Gasteiger partial charge in [0.2, 0.25) is 0 Å². The fraction of sp³-hybridized carbons (Fsp3) is 0.333. The fourth-order valence-electron chi connectivity index (χ4n) is 2.04. The Kier molecular flexibility index (Phi) is 3.02. The van der Waals surface area contributed by atoms with E-state index in [4.69, 9.17) is 5.73 Å². The second-order valence-corrected chi connectivity index (χ2v) is 5.10. The molecule has 0 saturated carbocycles. The van der Waals surface area contributed by atoms with E-state index in [0.717, 1.165) is 6.42 Å². The molecule has 2 nitrogen and oxygen atoms in total. The molecule has 0 aliphatic rings. The molecular formula is C12H15IN2. The molecule has 1 aromatic heterocycles. The van der Waals surface area contributed by atoms with E-state index in [1.54, 1.807) is 0 Å². The van der Waals surface area contributed by atoms with Gasteiger partial charge < -0.3 is 10.7 Å². The van der Waals surface area contributed by atoms with Crippen LogP contribution in [0.2, 0.25) is 0 Å². The predicted octanol–water partition coefficient (Wildman–Crippen LogP) is 2.89. The zero-order valence-corrected chi connectivity index (χ0v) is 11.2. The number of aromatic nitrogens is 1. The third kappa shape index (κ3) is 1.90. The molecule has 2 aromatic rings. The highest BCUT2D eigenvalue weighted by molar-refractivity contribution is 14.1. The number of fused-ring (bicyclic) bond motifs is 1. The van der Waals surface area contributed by atoms with Gasteiger partial charge in [-0.2, -0.15) is 0 Å². The molecule has 1 aromatic carbocycles. The number of halogens is 1. The van der Waals surface area contributed by atoms with Gasteiger partial charge in [0.1, 0.15) is 0 Å². The van der Waals surface area contributed by atoms with Crippen molar-refractivity contribution in [1.29, 1.82) is 0 Å². The molecule has 3 heteroatoms. The number of nitrogens with two attached hydrogens (primary N) is 1. The fourth-order valence-corrected chi connectivity index (χ4v) is 2.96. The molecule has 0 fully saturated rings. The normalized spacial score (nSPS) is 11.2. The number of rotatable bonds is 2. The molecule has 2 rings (SSSR count). The van der Waals surface area contributed by atoms with E-state index < -0.39 is 0 Å². The molecule has 1 heterocycles. The van der Waals surface area contributed by atoms with E-state index in [9.17, 15) is 0 Å². The first-order chi connectivity index (χ1) is 7.13. The van der Waals surface area contributed by atoms with Crippen LogP contribution in [0.5, 0.6) is 0 Å². The van der Waals surface area contributed by atoms with Crippen LogP contribution < -0.4 is 5.73 Å². The van der Waals surface area contributed by atoms with Gasteiger partial charge in [0.05, 0.1) is 5.52 Å². The van der Waals surface area contributed by atoms with E-state index >= 15 is 0 Å². The van der Waals surface area contributed by atoms with Gasteiger partial charge in [-0.25, -0.2) is 0 Å². The molecule has 0 unspecified atom stereocenters. The third-order valence-electron chi connectivity index (χ3n) is 2.72. The molecule has 3 N–H and O–H groups in total. The second kappa shape index (κ2) is 4.14. The Morgan fingerprint density at radius 2 is 2.07 bits per heavy atom. The Bertz CT molecular complexity index is 500. The Labute approximate surface area is 103 Å². The minimum atomic E-state index is 0.707. The smallest absolute Gasteiger partial charge is 0.0594 e. The minimum Gasteiger partial charge on any atom is -0.358 e. The van der Waals surface area contributed by atoms with Crippen molar-refractivity contribution in [1.82, 2.24) is 4.98 Å². The van der Waals surface area contributed by atoms with Gasteiger partial charge in [0, 0.05) is 14.7 Å². The maximum absolute atomic E-state index is 5.64. The van der Waals surface area contributed by atoms with Crippen molar-refractivity contribution in [3.8, 4) is 0 Å². The number of hydrogen-bond donors (Lipinski definition) is 2. The monoisotopic (exact) mass is 314 g/mol. The maximum atomic E-state index is 5.64. The highest BCUT2D eigenvalue weighted by Gasteiger charge is 2.10. The van der Waals surface area contributed by atoms with Gasteiger partial charge in [0.25, 0.3) is 0 Å². The summed E-state index contributed by atoms with van der Waals surface area (Å²) in [6, 6.07) is 4.44. The van der Waals surface area contributed by atoms with Crippen LogP contribution in [0.3, 0.4) is 0 Å². The predicted molar refractivity (Wildman–Crippen MR) is 73.2 cm³/mol. The molecule has 0 saturated heterocycles. The van der Waals surface area contributed by atoms with Gasteiger partial charge in [-0.3, -0.25) is 0 Å². The number of H-pyrrole nitrogens is 1. The number of hydrogen-bond acceptors (Lipinski definition) is 1. The molecule has 0 amide bonds. The standard InChI is InChI=1S/C12H15IN2/c1-7-5-10-9(3-4-14)8(2)15-12(10)11(13)6-7/h5-6,15H,3-4,14H2,1-2H3. The Morgan fingerprint density at radius 1 is 1.33 bits per heavy atom. The summed E-state index contributed by atoms with van der Waals surface area (Å²) in [5.41, 5.74) is 10.8. The summed E-state index contributed by atoms with van der Waals surface area (Å²) in [5, 5.41) is 1.34. The lowest BCUT2D eigenvalue weighted by atomic mass is 10.1. The average molecular weight is 314 g/mol. The summed E-state index contributed by atoms with van der Waals surface area (Å²) in [5.74, 6) is 0. The van der Waals surface area contributed by atoms with E-state index in [1.807, 2.05) is 0 Å². The quantitative estimate of drug-likeness (QED) is 0.822. The number of aromatic amines is 1. The first-order valence-electron chi connectivity index (χ1n) is 5.11. The summed E-state index contributed by atoms with van der Waals surface area (Å²) in [4.78, 5) is 3.44. The van der Waals surface area contributed by atoms with Crippen molar-refractivity contribution in [2.24, 2.45) is 5.73 Å². The van der Waals surface area contributed by atoms with Crippen LogP contribution >= 0.6 is 22.6 Å². The highest BCUT2D eigenvalue weighted by atomic mass is 127. The number of aryl methyl sites for hydroxylation is 2. The van der Waals surface area contributed by atoms with Crippen molar-refractivity contribution in [2.45, 2.75) is 20.3 Å². The van der Waals surface area contributed by atoms with Crippen LogP contribution in [0.15, 0.2) is 12.1 Å². The lowest BCUT2D eigenvalue weighted by Gasteiger charge is -2.00. The van der Waals surface area contributed by atoms with E-state index in [2.05, 4.69) is 53.6 Å². The summed E-state index contributed by atoms with van der Waals surface area (Å²) in [7, 11) is 0. The van der Waals surface area contributed by atoms with Crippen molar-refractivity contribution in [3.05, 3.63) is 32.5 Å². The number of nitrogens with one attached hydrogen (secondary N) is 1. The van der Waals surface area contributed by atoms with Crippen LogP contribution in [-0.2, 0) is 6.42 Å². The Balaban J connectivity index is 2.74. The molecule has 0 radical (unpaired) electrons. The van der Waals surface area contributed by atoms with Gasteiger partial charge in [0.15, 0.2) is 0 Å². The molecule has 0 atom stereocenters. The van der Waals surface area contributed by atoms with Gasteiger partial charge in [-0.1, -0.05) is 0 Å². The highest BCUT2D eigenvalue weighted by Crippen LogP contribution is 2.27. The average Bonchev–Trinajstić information content (AvgIpc) is 2.46. The molecular weight excluding hydrogens is 299 g/mol. The van der Waals surface area contributed by atoms with Gasteiger partial charge in [-0.15, -0.1) is 0 Å². The topological polar surface area (TPSA) is 41.8 Å². The molecule has 0 bridgehead atoms. The van der Waals surface area contributed by atoms with Crippen molar-refractivity contribution in [2.75, 3.05) is 6.54 Å². The SMILES string of the molecule is Cc1cc(I)c2[nH]c(C)c(CCN)c2c1. The van der Waals surface area contributed by atoms with Crippen LogP contribution in [0.25, 0.3) is 10.9 Å². The van der Waals surface area contributed by atoms with Crippen LogP contribution in [-0.4, -0.2) is 11.5 Å². The second-order valence-electron chi connectivity index (χ2n) is 3.94. The molecule has 0 aliphatic carbocycles. The first kappa shape index (κ1) is 11.0. The Hall–Kier alpha value is -0.550. The molecule has 0 spiro atoms. The molecule has 0 aliphatic heterocycles. The third-order valence-corrected chi connectivity index (χ3v) is 3.57. The van der Waals surface area contributed by atoms with E-state index in [-0.39, 0.29) is 0 Å². The van der Waals surface area contributed by atoms with E-state index in [1.165, 1.54) is 31.3 Å². The van der Waals surface area contributed by atoms with Crippen LogP contribution in [0.4, 0.5) is 0 Å². The van der Waals surface area contributed by atoms with Gasteiger partial charge >= 0.3 is 0 Å². The molecule has 80 valence electrons. The van der Waals surface area contributed by atoms with Crippen molar-refractivity contribution < 1.29 is 0 Å². The van der Waals surface area contributed by atoms with E-state index in [0.29, 0.717) is 6.54 Å². The summed E-state index contributed by atoms with van der Waals surface area (Å²) in [6.07, 6.45) is 0.950. The zero-order chi connectivity index (χ0) is 11.0. The minimum absolute atomic E-state index is 0.707. The van der Waals surface area contributed by atoms with Gasteiger partial charge in [-0.05, 0) is 72.7 Å². The largest absolute Gasteiger partial charge is 0.358 e. The Morgan fingerprint density at radius 3 is 2.73 bits per heavy atom. The summed E-state index contributed by atoms with van der Waals surface area (Å²) in [6.45, 7) is 4.96. The van der Waals surface area contributed by atoms with Crippen LogP contribution in [0.1, 0.15) is 16.8 Å².